The molecule has 0 fully saturated rings. The summed E-state index contributed by atoms with van der Waals surface area (Å²) in [6.07, 6.45) is 3.28. The number of sulfone groups is 1. The first-order valence-electron chi connectivity index (χ1n) is 7.46. The van der Waals surface area contributed by atoms with Crippen LogP contribution in [0.4, 0.5) is 0 Å². The van der Waals surface area contributed by atoms with Gasteiger partial charge in [-0.25, -0.2) is 8.42 Å². The molecule has 118 valence electrons. The van der Waals surface area contributed by atoms with Crippen LogP contribution in [0.1, 0.15) is 38.2 Å². The van der Waals surface area contributed by atoms with Crippen molar-refractivity contribution >= 4 is 21.4 Å². The van der Waals surface area contributed by atoms with E-state index >= 15 is 0 Å². The van der Waals surface area contributed by atoms with E-state index in [1.165, 1.54) is 11.8 Å². The molecule has 0 heterocycles. The molecule has 0 N–H and O–H groups in total. The highest BCUT2D eigenvalue weighted by Gasteiger charge is 2.15. The van der Waals surface area contributed by atoms with Crippen molar-refractivity contribution in [3.63, 3.8) is 0 Å². The van der Waals surface area contributed by atoms with E-state index in [0.29, 0.717) is 15.8 Å². The highest BCUT2D eigenvalue weighted by atomic mass is 35.5. The van der Waals surface area contributed by atoms with Crippen LogP contribution >= 0.6 is 11.6 Å². The number of halogens is 1. The summed E-state index contributed by atoms with van der Waals surface area (Å²) in [7, 11) is -3.21. The summed E-state index contributed by atoms with van der Waals surface area (Å²) in [5.41, 5.74) is 3.16. The molecule has 0 bridgehead atoms. The maximum absolute atomic E-state index is 11.8. The Morgan fingerprint density at radius 2 is 1.73 bits per heavy atom. The van der Waals surface area contributed by atoms with Gasteiger partial charge >= 0.3 is 0 Å². The number of hydrogen-bond donors (Lipinski definition) is 0. The second-order valence-corrected chi connectivity index (χ2v) is 8.00. The SMILES string of the molecule is CCC(CC)c1cc(Cl)ccc1-c1cccc(S(C)(=O)=O)c1. The molecule has 0 aliphatic rings. The number of benzene rings is 2. The van der Waals surface area contributed by atoms with E-state index in [4.69, 9.17) is 11.6 Å². The zero-order valence-electron chi connectivity index (χ0n) is 13.1. The average molecular weight is 337 g/mol. The van der Waals surface area contributed by atoms with Gasteiger partial charge in [-0.2, -0.15) is 0 Å². The minimum Gasteiger partial charge on any atom is -0.224 e. The van der Waals surface area contributed by atoms with Crippen molar-refractivity contribution in [1.82, 2.24) is 0 Å². The van der Waals surface area contributed by atoms with Crippen molar-refractivity contribution in [3.8, 4) is 11.1 Å². The first kappa shape index (κ1) is 17.0. The van der Waals surface area contributed by atoms with Crippen LogP contribution in [0.5, 0.6) is 0 Å². The fraction of sp³-hybridized carbons (Fsp3) is 0.333. The number of rotatable bonds is 5. The summed E-state index contributed by atoms with van der Waals surface area (Å²) < 4.78 is 23.6. The van der Waals surface area contributed by atoms with Crippen LogP contribution in [-0.2, 0) is 9.84 Å². The van der Waals surface area contributed by atoms with Crippen molar-refractivity contribution in [2.45, 2.75) is 37.5 Å². The Kier molecular flexibility index (Phi) is 5.30. The van der Waals surface area contributed by atoms with Gasteiger partial charge in [0.15, 0.2) is 9.84 Å². The number of hydrogen-bond acceptors (Lipinski definition) is 2. The van der Waals surface area contributed by atoms with Crippen LogP contribution < -0.4 is 0 Å². The van der Waals surface area contributed by atoms with Crippen molar-refractivity contribution in [1.29, 1.82) is 0 Å². The van der Waals surface area contributed by atoms with Crippen molar-refractivity contribution in [2.24, 2.45) is 0 Å². The van der Waals surface area contributed by atoms with Gasteiger partial charge < -0.3 is 0 Å². The van der Waals surface area contributed by atoms with Crippen LogP contribution in [0.3, 0.4) is 0 Å². The summed E-state index contributed by atoms with van der Waals surface area (Å²) in [5, 5.41) is 0.713. The van der Waals surface area contributed by atoms with E-state index in [9.17, 15) is 8.42 Å². The Bertz CT molecular complexity index is 762. The quantitative estimate of drug-likeness (QED) is 0.741. The third-order valence-electron chi connectivity index (χ3n) is 4.01. The molecule has 2 aromatic carbocycles. The molecule has 0 atom stereocenters. The summed E-state index contributed by atoms with van der Waals surface area (Å²) in [6.45, 7) is 4.32. The van der Waals surface area contributed by atoms with Gasteiger partial charge in [-0.15, -0.1) is 0 Å². The van der Waals surface area contributed by atoms with Gasteiger partial charge in [0.2, 0.25) is 0 Å². The summed E-state index contributed by atoms with van der Waals surface area (Å²) in [5.74, 6) is 0.413. The van der Waals surface area contributed by atoms with Crippen LogP contribution in [0.25, 0.3) is 11.1 Å². The van der Waals surface area contributed by atoms with Crippen molar-refractivity contribution in [2.75, 3.05) is 6.26 Å². The van der Waals surface area contributed by atoms with Crippen LogP contribution in [0.15, 0.2) is 47.4 Å². The Balaban J connectivity index is 2.62. The minimum atomic E-state index is -3.21. The van der Waals surface area contributed by atoms with E-state index < -0.39 is 9.84 Å². The lowest BCUT2D eigenvalue weighted by Crippen LogP contribution is -2.00. The standard InChI is InChI=1S/C18H21ClO2S/c1-4-13(5-2)18-12-15(19)9-10-17(18)14-7-6-8-16(11-14)22(3,20)21/h6-13H,4-5H2,1-3H3. The van der Waals surface area contributed by atoms with E-state index in [2.05, 4.69) is 13.8 Å². The lowest BCUT2D eigenvalue weighted by molar-refractivity contribution is 0.602. The van der Waals surface area contributed by atoms with Gasteiger partial charge in [-0.3, -0.25) is 0 Å². The Hall–Kier alpha value is -1.32. The topological polar surface area (TPSA) is 34.1 Å². The third-order valence-corrected chi connectivity index (χ3v) is 5.36. The maximum atomic E-state index is 11.8. The van der Waals surface area contributed by atoms with E-state index in [1.807, 2.05) is 24.3 Å². The average Bonchev–Trinajstić information content (AvgIpc) is 2.48. The predicted octanol–water partition coefficient (Wildman–Crippen LogP) is 5.31. The fourth-order valence-corrected chi connectivity index (χ4v) is 3.60. The van der Waals surface area contributed by atoms with Gasteiger partial charge in [-0.1, -0.05) is 43.6 Å². The van der Waals surface area contributed by atoms with Crippen LogP contribution in [0, 0.1) is 0 Å². The molecule has 0 unspecified atom stereocenters. The van der Waals surface area contributed by atoms with Gasteiger partial charge in [0.05, 0.1) is 4.90 Å². The van der Waals surface area contributed by atoms with E-state index in [1.54, 1.807) is 18.2 Å². The van der Waals surface area contributed by atoms with Gasteiger partial charge in [0.25, 0.3) is 0 Å². The zero-order valence-corrected chi connectivity index (χ0v) is 14.7. The maximum Gasteiger partial charge on any atom is 0.175 e. The first-order valence-corrected chi connectivity index (χ1v) is 9.73. The molecule has 2 nitrogen and oxygen atoms in total. The van der Waals surface area contributed by atoms with Crippen molar-refractivity contribution < 1.29 is 8.42 Å². The molecule has 0 amide bonds. The first-order chi connectivity index (χ1) is 10.4. The Morgan fingerprint density at radius 1 is 1.05 bits per heavy atom. The molecule has 0 spiro atoms. The van der Waals surface area contributed by atoms with E-state index in [0.717, 1.165) is 24.0 Å². The van der Waals surface area contributed by atoms with E-state index in [-0.39, 0.29) is 0 Å². The van der Waals surface area contributed by atoms with Crippen molar-refractivity contribution in [3.05, 3.63) is 53.1 Å². The Morgan fingerprint density at radius 3 is 2.32 bits per heavy atom. The molecule has 0 saturated carbocycles. The summed E-state index contributed by atoms with van der Waals surface area (Å²) in [6, 6.07) is 13.0. The molecule has 2 aromatic rings. The smallest absolute Gasteiger partial charge is 0.175 e. The summed E-state index contributed by atoms with van der Waals surface area (Å²) in [4.78, 5) is 0.343. The molecule has 0 aromatic heterocycles. The lowest BCUT2D eigenvalue weighted by Gasteiger charge is -2.18. The minimum absolute atomic E-state index is 0.343. The third kappa shape index (κ3) is 3.71. The highest BCUT2D eigenvalue weighted by molar-refractivity contribution is 7.90. The fourth-order valence-electron chi connectivity index (χ4n) is 2.76. The molecule has 0 saturated heterocycles. The van der Waals surface area contributed by atoms with Gasteiger partial charge in [0, 0.05) is 11.3 Å². The highest BCUT2D eigenvalue weighted by Crippen LogP contribution is 2.35. The second kappa shape index (κ2) is 6.84. The zero-order chi connectivity index (χ0) is 16.3. The summed E-state index contributed by atoms with van der Waals surface area (Å²) >= 11 is 6.17. The van der Waals surface area contributed by atoms with Gasteiger partial charge in [0.1, 0.15) is 0 Å². The largest absolute Gasteiger partial charge is 0.224 e. The molecule has 22 heavy (non-hydrogen) atoms. The monoisotopic (exact) mass is 336 g/mol. The van der Waals surface area contributed by atoms with Crippen LogP contribution in [-0.4, -0.2) is 14.7 Å². The normalized spacial score (nSPS) is 11.9. The molecular formula is C18H21ClO2S. The molecule has 0 aliphatic carbocycles. The molecular weight excluding hydrogens is 316 g/mol. The molecule has 0 radical (unpaired) electrons. The second-order valence-electron chi connectivity index (χ2n) is 5.54. The molecule has 2 rings (SSSR count). The predicted molar refractivity (Wildman–Crippen MR) is 93.3 cm³/mol. The molecule has 4 heteroatoms. The van der Waals surface area contributed by atoms with Gasteiger partial charge in [-0.05, 0) is 59.7 Å². The van der Waals surface area contributed by atoms with Crippen LogP contribution in [0.2, 0.25) is 5.02 Å². The molecule has 0 aliphatic heterocycles. The Labute approximate surface area is 138 Å². The lowest BCUT2D eigenvalue weighted by atomic mass is 9.87.